The van der Waals surface area contributed by atoms with E-state index >= 15 is 0 Å². The van der Waals surface area contributed by atoms with E-state index in [4.69, 9.17) is 0 Å². The van der Waals surface area contributed by atoms with Crippen LogP contribution in [0.3, 0.4) is 0 Å². The normalized spacial score (nSPS) is 14.5. The lowest BCUT2D eigenvalue weighted by atomic mass is 10.1. The second kappa shape index (κ2) is 6.93. The van der Waals surface area contributed by atoms with E-state index in [0.29, 0.717) is 6.42 Å². The second-order valence-electron chi connectivity index (χ2n) is 6.16. The highest BCUT2D eigenvalue weighted by atomic mass is 16.1. The quantitative estimate of drug-likeness (QED) is 0.840. The highest BCUT2D eigenvalue weighted by molar-refractivity contribution is 6.02. The molecular formula is C19H24N2O. The molecule has 0 aliphatic heterocycles. The van der Waals surface area contributed by atoms with Gasteiger partial charge in [-0.15, -0.1) is 0 Å². The molecule has 0 unspecified atom stereocenters. The zero-order chi connectivity index (χ0) is 15.4. The van der Waals surface area contributed by atoms with Crippen LogP contribution in [0.25, 0.3) is 10.8 Å². The van der Waals surface area contributed by atoms with Crippen molar-refractivity contribution in [3.8, 4) is 0 Å². The van der Waals surface area contributed by atoms with E-state index in [2.05, 4.69) is 35.3 Å². The van der Waals surface area contributed by atoms with Crippen LogP contribution in [0.5, 0.6) is 0 Å². The number of nitrogens with zero attached hydrogens (tertiary/aromatic N) is 1. The Kier molecular flexibility index (Phi) is 4.74. The Morgan fingerprint density at radius 1 is 1.18 bits per heavy atom. The molecule has 1 aliphatic rings. The summed E-state index contributed by atoms with van der Waals surface area (Å²) in [6.07, 6.45) is 3.28. The largest absolute Gasteiger partial charge is 0.325 e. The number of carbonyl (C=O) groups is 1. The predicted octanol–water partition coefficient (Wildman–Crippen LogP) is 3.90. The van der Waals surface area contributed by atoms with E-state index in [1.807, 2.05) is 24.3 Å². The minimum atomic E-state index is 0.102. The minimum Gasteiger partial charge on any atom is -0.325 e. The summed E-state index contributed by atoms with van der Waals surface area (Å²) in [7, 11) is 0. The van der Waals surface area contributed by atoms with Crippen LogP contribution in [0.15, 0.2) is 42.5 Å². The van der Waals surface area contributed by atoms with E-state index < -0.39 is 0 Å². The number of hydrogen-bond acceptors (Lipinski definition) is 2. The minimum absolute atomic E-state index is 0.102. The van der Waals surface area contributed by atoms with Gasteiger partial charge >= 0.3 is 0 Å². The third kappa shape index (κ3) is 3.86. The van der Waals surface area contributed by atoms with Crippen molar-refractivity contribution >= 4 is 22.4 Å². The van der Waals surface area contributed by atoms with Crippen LogP contribution in [0.4, 0.5) is 5.69 Å². The van der Waals surface area contributed by atoms with Gasteiger partial charge in [-0.25, -0.2) is 0 Å². The molecule has 0 atom stereocenters. The fourth-order valence-corrected chi connectivity index (χ4v) is 2.85. The van der Waals surface area contributed by atoms with Crippen LogP contribution >= 0.6 is 0 Å². The van der Waals surface area contributed by atoms with Crippen molar-refractivity contribution in [3.63, 3.8) is 0 Å². The Labute approximate surface area is 132 Å². The first-order valence-corrected chi connectivity index (χ1v) is 8.26. The molecule has 2 aromatic carbocycles. The first kappa shape index (κ1) is 15.0. The molecule has 0 radical (unpaired) electrons. The summed E-state index contributed by atoms with van der Waals surface area (Å²) in [6, 6.07) is 14.2. The maximum Gasteiger partial charge on any atom is 0.225 e. The van der Waals surface area contributed by atoms with Gasteiger partial charge in [-0.2, -0.15) is 0 Å². The van der Waals surface area contributed by atoms with Gasteiger partial charge in [-0.3, -0.25) is 4.79 Å². The Morgan fingerprint density at radius 2 is 1.95 bits per heavy atom. The summed E-state index contributed by atoms with van der Waals surface area (Å²) in [5.41, 5.74) is 0.911. The first-order valence-electron chi connectivity index (χ1n) is 8.26. The van der Waals surface area contributed by atoms with E-state index in [9.17, 15) is 4.79 Å². The Balaban J connectivity index is 1.58. The van der Waals surface area contributed by atoms with Gasteiger partial charge in [-0.1, -0.05) is 43.3 Å². The van der Waals surface area contributed by atoms with Crippen molar-refractivity contribution < 1.29 is 4.79 Å². The molecule has 0 bridgehead atoms. The van der Waals surface area contributed by atoms with Crippen LogP contribution < -0.4 is 5.32 Å². The molecule has 1 aliphatic carbocycles. The lowest BCUT2D eigenvalue weighted by Gasteiger charge is -2.19. The van der Waals surface area contributed by atoms with Crippen LogP contribution in [-0.2, 0) is 4.79 Å². The molecule has 0 aromatic heterocycles. The monoisotopic (exact) mass is 296 g/mol. The third-order valence-electron chi connectivity index (χ3n) is 4.38. The van der Waals surface area contributed by atoms with Gasteiger partial charge in [0.2, 0.25) is 5.91 Å². The molecule has 1 fully saturated rings. The summed E-state index contributed by atoms with van der Waals surface area (Å²) in [6.45, 7) is 5.20. The van der Waals surface area contributed by atoms with E-state index in [-0.39, 0.29) is 5.91 Å². The second-order valence-corrected chi connectivity index (χ2v) is 6.16. The molecule has 1 N–H and O–H groups in total. The van der Waals surface area contributed by atoms with Gasteiger partial charge in [0.15, 0.2) is 0 Å². The van der Waals surface area contributed by atoms with E-state index in [0.717, 1.165) is 42.0 Å². The molecule has 3 nitrogen and oxygen atoms in total. The molecule has 0 saturated heterocycles. The molecule has 22 heavy (non-hydrogen) atoms. The van der Waals surface area contributed by atoms with Gasteiger partial charge in [0, 0.05) is 30.6 Å². The zero-order valence-corrected chi connectivity index (χ0v) is 13.2. The topological polar surface area (TPSA) is 32.3 Å². The molecule has 116 valence electrons. The fourth-order valence-electron chi connectivity index (χ4n) is 2.85. The summed E-state index contributed by atoms with van der Waals surface area (Å²) < 4.78 is 0. The molecule has 2 aromatic rings. The number of benzene rings is 2. The van der Waals surface area contributed by atoms with Crippen LogP contribution in [-0.4, -0.2) is 30.4 Å². The van der Waals surface area contributed by atoms with Gasteiger partial charge in [0.05, 0.1) is 0 Å². The van der Waals surface area contributed by atoms with Crippen molar-refractivity contribution in [2.75, 3.05) is 25.0 Å². The molecule has 3 heteroatoms. The first-order chi connectivity index (χ1) is 10.8. The number of fused-ring (bicyclic) bond motifs is 1. The lowest BCUT2D eigenvalue weighted by molar-refractivity contribution is -0.116. The standard InChI is InChI=1S/C19H24N2O/c1-2-21(14-15-10-11-15)13-12-19(22)20-18-9-5-7-16-6-3-4-8-17(16)18/h3-9,15H,2,10-14H2,1H3,(H,20,22). The average Bonchev–Trinajstić information content (AvgIpc) is 3.36. The Bertz CT molecular complexity index is 643. The van der Waals surface area contributed by atoms with Crippen LogP contribution in [0.1, 0.15) is 26.2 Å². The maximum atomic E-state index is 12.2. The Hall–Kier alpha value is -1.87. The van der Waals surface area contributed by atoms with Gasteiger partial charge in [0.25, 0.3) is 0 Å². The molecule has 0 spiro atoms. The van der Waals surface area contributed by atoms with E-state index in [1.165, 1.54) is 12.8 Å². The van der Waals surface area contributed by atoms with Gasteiger partial charge in [-0.05, 0) is 36.8 Å². The van der Waals surface area contributed by atoms with Crippen LogP contribution in [0.2, 0.25) is 0 Å². The fraction of sp³-hybridized carbons (Fsp3) is 0.421. The van der Waals surface area contributed by atoms with Crippen molar-refractivity contribution in [2.45, 2.75) is 26.2 Å². The van der Waals surface area contributed by atoms with Crippen LogP contribution in [0, 0.1) is 5.92 Å². The third-order valence-corrected chi connectivity index (χ3v) is 4.38. The van der Waals surface area contributed by atoms with E-state index in [1.54, 1.807) is 0 Å². The number of anilines is 1. The molecule has 1 amide bonds. The van der Waals surface area contributed by atoms with Crippen molar-refractivity contribution in [1.82, 2.24) is 4.90 Å². The number of hydrogen-bond donors (Lipinski definition) is 1. The predicted molar refractivity (Wildman–Crippen MR) is 92.0 cm³/mol. The number of carbonyl (C=O) groups excluding carboxylic acids is 1. The molecule has 3 rings (SSSR count). The summed E-state index contributed by atoms with van der Waals surface area (Å²) in [5, 5.41) is 5.33. The summed E-state index contributed by atoms with van der Waals surface area (Å²) in [5.74, 6) is 0.978. The maximum absolute atomic E-state index is 12.2. The number of rotatable bonds is 7. The molecule has 0 heterocycles. The summed E-state index contributed by atoms with van der Waals surface area (Å²) >= 11 is 0. The highest BCUT2D eigenvalue weighted by Crippen LogP contribution is 2.29. The number of nitrogens with one attached hydrogen (secondary N) is 1. The zero-order valence-electron chi connectivity index (χ0n) is 13.2. The highest BCUT2D eigenvalue weighted by Gasteiger charge is 2.23. The SMILES string of the molecule is CCN(CCC(=O)Nc1cccc2ccccc12)CC1CC1. The molecule has 1 saturated carbocycles. The lowest BCUT2D eigenvalue weighted by Crippen LogP contribution is -2.29. The van der Waals surface area contributed by atoms with Crippen molar-refractivity contribution in [2.24, 2.45) is 5.92 Å². The smallest absolute Gasteiger partial charge is 0.225 e. The summed E-state index contributed by atoms with van der Waals surface area (Å²) in [4.78, 5) is 14.6. The van der Waals surface area contributed by atoms with Crippen molar-refractivity contribution in [3.05, 3.63) is 42.5 Å². The van der Waals surface area contributed by atoms with Gasteiger partial charge < -0.3 is 10.2 Å². The molecular weight excluding hydrogens is 272 g/mol. The van der Waals surface area contributed by atoms with Gasteiger partial charge in [0.1, 0.15) is 0 Å². The Morgan fingerprint density at radius 3 is 2.73 bits per heavy atom. The van der Waals surface area contributed by atoms with Crippen molar-refractivity contribution in [1.29, 1.82) is 0 Å². The average molecular weight is 296 g/mol. The number of amides is 1.